The van der Waals surface area contributed by atoms with Gasteiger partial charge >= 0.3 is 0 Å². The fraction of sp³-hybridized carbons (Fsp3) is 0.714. The summed E-state index contributed by atoms with van der Waals surface area (Å²) in [5.74, 6) is 2.68. The molecule has 1 aromatic rings. The molecule has 1 N–H and O–H groups in total. The van der Waals surface area contributed by atoms with Crippen molar-refractivity contribution >= 4 is 11.6 Å². The van der Waals surface area contributed by atoms with Gasteiger partial charge in [0.2, 0.25) is 0 Å². The van der Waals surface area contributed by atoms with Crippen molar-refractivity contribution in [3.8, 4) is 0 Å². The lowest BCUT2D eigenvalue weighted by Gasteiger charge is -2.56. The highest BCUT2D eigenvalue weighted by Crippen LogP contribution is 2.38. The Morgan fingerprint density at radius 1 is 1.16 bits per heavy atom. The molecule has 0 aromatic heterocycles. The van der Waals surface area contributed by atoms with Gasteiger partial charge in [0, 0.05) is 18.5 Å². The van der Waals surface area contributed by atoms with E-state index in [1.165, 1.54) is 44.5 Å². The van der Waals surface area contributed by atoms with Gasteiger partial charge in [0.1, 0.15) is 0 Å². The van der Waals surface area contributed by atoms with E-state index in [4.69, 9.17) is 5.41 Å². The van der Waals surface area contributed by atoms with E-state index < -0.39 is 5.54 Å². The van der Waals surface area contributed by atoms with Crippen molar-refractivity contribution in [2.45, 2.75) is 98.1 Å². The number of amidine groups is 1. The highest BCUT2D eigenvalue weighted by molar-refractivity contribution is 5.94. The topological polar surface area (TPSA) is 47.4 Å². The first-order chi connectivity index (χ1) is 15.1. The zero-order valence-electron chi connectivity index (χ0n) is 21.7. The van der Waals surface area contributed by atoms with Crippen molar-refractivity contribution < 1.29 is 4.79 Å². The molecule has 1 aromatic carbocycles. The third-order valence-corrected chi connectivity index (χ3v) is 7.95. The fourth-order valence-electron chi connectivity index (χ4n) is 5.24. The van der Waals surface area contributed by atoms with Crippen LogP contribution in [-0.2, 0) is 4.79 Å². The molecule has 0 spiro atoms. The zero-order valence-corrected chi connectivity index (χ0v) is 21.7. The van der Waals surface area contributed by atoms with Gasteiger partial charge in [-0.15, -0.1) is 0 Å². The zero-order chi connectivity index (χ0) is 23.9. The highest BCUT2D eigenvalue weighted by atomic mass is 16.1. The Morgan fingerprint density at radius 3 is 2.22 bits per heavy atom. The van der Waals surface area contributed by atoms with Crippen molar-refractivity contribution in [2.24, 2.45) is 11.8 Å². The first-order valence-corrected chi connectivity index (χ1v) is 12.8. The maximum Gasteiger partial charge on any atom is 0.155 e. The number of benzene rings is 1. The predicted octanol–water partition coefficient (Wildman–Crippen LogP) is 6.36. The SMILES string of the molecule is CCC(C)C(=N)N1C(C)CC1(C)C(C)=O.CCC1CCN(CC(C)c2ccccc2)CC1. The maximum atomic E-state index is 11.6. The molecule has 0 bridgehead atoms. The molecule has 2 aliphatic heterocycles. The lowest BCUT2D eigenvalue weighted by Crippen LogP contribution is -2.69. The Kier molecular flexibility index (Phi) is 9.94. The van der Waals surface area contributed by atoms with Crippen LogP contribution >= 0.6 is 0 Å². The molecule has 0 saturated carbocycles. The van der Waals surface area contributed by atoms with Gasteiger partial charge in [-0.3, -0.25) is 10.2 Å². The minimum Gasteiger partial charge on any atom is -0.345 e. The molecule has 4 atom stereocenters. The van der Waals surface area contributed by atoms with Gasteiger partial charge in [-0.05, 0) is 76.9 Å². The first kappa shape index (κ1) is 26.6. The molecule has 3 rings (SSSR count). The van der Waals surface area contributed by atoms with E-state index in [0.29, 0.717) is 17.8 Å². The molecule has 2 fully saturated rings. The van der Waals surface area contributed by atoms with Gasteiger partial charge in [-0.25, -0.2) is 0 Å². The minimum absolute atomic E-state index is 0.175. The standard InChI is InChI=1S/C16H25N.C12H22N2O/c1-3-15-9-11-17(12-10-15)13-14(2)16-7-5-4-6-8-16;1-6-8(2)11(13)14-9(3)7-12(14,5)10(4)15/h4-8,14-15H,3,9-13H2,1-2H3;8-9,13H,6-7H2,1-5H3. The van der Waals surface area contributed by atoms with Crippen LogP contribution in [0.1, 0.15) is 92.1 Å². The molecule has 2 heterocycles. The number of ketones is 1. The summed E-state index contributed by atoms with van der Waals surface area (Å²) in [6.45, 7) is 18.3. The summed E-state index contributed by atoms with van der Waals surface area (Å²) in [6.07, 6.45) is 6.00. The van der Waals surface area contributed by atoms with Crippen LogP contribution in [0.3, 0.4) is 0 Å². The van der Waals surface area contributed by atoms with Gasteiger partial charge in [-0.2, -0.15) is 0 Å². The molecule has 0 amide bonds. The van der Waals surface area contributed by atoms with Crippen molar-refractivity contribution in [1.29, 1.82) is 5.41 Å². The molecule has 180 valence electrons. The van der Waals surface area contributed by atoms with Gasteiger partial charge in [-0.1, -0.05) is 64.4 Å². The smallest absolute Gasteiger partial charge is 0.155 e. The summed E-state index contributed by atoms with van der Waals surface area (Å²) in [5.41, 5.74) is 1.06. The monoisotopic (exact) mass is 441 g/mol. The summed E-state index contributed by atoms with van der Waals surface area (Å²) in [6, 6.07) is 11.2. The number of carbonyl (C=O) groups is 1. The Hall–Kier alpha value is -1.68. The highest BCUT2D eigenvalue weighted by Gasteiger charge is 2.51. The van der Waals surface area contributed by atoms with Crippen molar-refractivity contribution in [2.75, 3.05) is 19.6 Å². The molecular formula is C28H47N3O. The number of Topliss-reactive ketones (excluding diaryl/α,β-unsaturated/α-hetero) is 1. The van der Waals surface area contributed by atoms with E-state index in [1.807, 2.05) is 18.7 Å². The second-order valence-electron chi connectivity index (χ2n) is 10.4. The van der Waals surface area contributed by atoms with E-state index >= 15 is 0 Å². The van der Waals surface area contributed by atoms with Gasteiger partial charge in [0.05, 0.1) is 11.4 Å². The minimum atomic E-state index is -0.417. The number of carbonyl (C=O) groups excluding carboxylic acids is 1. The van der Waals surface area contributed by atoms with Crippen LogP contribution < -0.4 is 0 Å². The molecule has 4 heteroatoms. The van der Waals surface area contributed by atoms with Crippen LogP contribution in [0, 0.1) is 17.2 Å². The maximum absolute atomic E-state index is 11.6. The van der Waals surface area contributed by atoms with Crippen LogP contribution in [0.2, 0.25) is 0 Å². The average Bonchev–Trinajstić information content (AvgIpc) is 2.79. The summed E-state index contributed by atoms with van der Waals surface area (Å²) < 4.78 is 0. The van der Waals surface area contributed by atoms with Crippen LogP contribution in [-0.4, -0.2) is 52.6 Å². The van der Waals surface area contributed by atoms with E-state index in [2.05, 4.69) is 62.9 Å². The van der Waals surface area contributed by atoms with E-state index in [-0.39, 0.29) is 11.7 Å². The quantitative estimate of drug-likeness (QED) is 0.395. The molecule has 4 nitrogen and oxygen atoms in total. The lowest BCUT2D eigenvalue weighted by molar-refractivity contribution is -0.135. The number of hydrogen-bond acceptors (Lipinski definition) is 3. The Balaban J connectivity index is 0.000000229. The Bertz CT molecular complexity index is 725. The van der Waals surface area contributed by atoms with Gasteiger partial charge in [0.25, 0.3) is 0 Å². The Morgan fingerprint density at radius 2 is 1.75 bits per heavy atom. The van der Waals surface area contributed by atoms with Crippen molar-refractivity contribution in [1.82, 2.24) is 9.80 Å². The fourth-order valence-corrected chi connectivity index (χ4v) is 5.24. The molecule has 0 radical (unpaired) electrons. The predicted molar refractivity (Wildman–Crippen MR) is 136 cm³/mol. The number of piperidine rings is 1. The van der Waals surface area contributed by atoms with Crippen molar-refractivity contribution in [3.63, 3.8) is 0 Å². The van der Waals surface area contributed by atoms with Crippen molar-refractivity contribution in [3.05, 3.63) is 35.9 Å². The van der Waals surface area contributed by atoms with E-state index in [1.54, 1.807) is 6.92 Å². The van der Waals surface area contributed by atoms with Gasteiger partial charge in [0.15, 0.2) is 5.78 Å². The van der Waals surface area contributed by atoms with E-state index in [9.17, 15) is 4.79 Å². The normalized spacial score (nSPS) is 25.8. The summed E-state index contributed by atoms with van der Waals surface area (Å²) in [7, 11) is 0. The molecular weight excluding hydrogens is 394 g/mol. The average molecular weight is 442 g/mol. The van der Waals surface area contributed by atoms with Crippen LogP contribution in [0.25, 0.3) is 0 Å². The number of hydrogen-bond donors (Lipinski definition) is 1. The van der Waals surface area contributed by atoms with Crippen LogP contribution in [0.15, 0.2) is 30.3 Å². The molecule has 2 aliphatic rings. The molecule has 0 aliphatic carbocycles. The first-order valence-electron chi connectivity index (χ1n) is 12.8. The lowest BCUT2D eigenvalue weighted by atomic mass is 9.76. The van der Waals surface area contributed by atoms with E-state index in [0.717, 1.165) is 18.8 Å². The number of rotatable bonds is 7. The summed E-state index contributed by atoms with van der Waals surface area (Å²) in [5, 5.41) is 8.10. The Labute approximate surface area is 197 Å². The third kappa shape index (κ3) is 6.43. The summed E-state index contributed by atoms with van der Waals surface area (Å²) in [4.78, 5) is 16.2. The van der Waals surface area contributed by atoms with Crippen LogP contribution in [0.4, 0.5) is 0 Å². The summed E-state index contributed by atoms with van der Waals surface area (Å²) >= 11 is 0. The molecule has 4 unspecified atom stereocenters. The largest absolute Gasteiger partial charge is 0.345 e. The number of nitrogens with one attached hydrogen (secondary N) is 1. The number of nitrogens with zero attached hydrogens (tertiary/aromatic N) is 2. The third-order valence-electron chi connectivity index (χ3n) is 7.95. The van der Waals surface area contributed by atoms with Crippen LogP contribution in [0.5, 0.6) is 0 Å². The number of likely N-dealkylation sites (tertiary alicyclic amines) is 2. The molecule has 32 heavy (non-hydrogen) atoms. The second-order valence-corrected chi connectivity index (χ2v) is 10.4. The molecule has 2 saturated heterocycles. The van der Waals surface area contributed by atoms with Gasteiger partial charge < -0.3 is 9.80 Å². The second kappa shape index (κ2) is 12.0.